The molecule has 8 heteroatoms. The maximum Gasteiger partial charge on any atom is 0.269 e. The molecule has 8 nitrogen and oxygen atoms in total. The fourth-order valence-electron chi connectivity index (χ4n) is 4.21. The average Bonchev–Trinajstić information content (AvgIpc) is 2.73. The molecule has 0 spiro atoms. The van der Waals surface area contributed by atoms with E-state index in [1.165, 1.54) is 31.4 Å². The zero-order valence-electron chi connectivity index (χ0n) is 16.5. The Morgan fingerprint density at radius 2 is 1.86 bits per heavy atom. The van der Waals surface area contributed by atoms with Crippen LogP contribution in [0.1, 0.15) is 39.0 Å². The summed E-state index contributed by atoms with van der Waals surface area (Å²) in [6, 6.07) is 5.54. The standard InChI is InChI=1S/C20H30N4O4/c1-16(19(25)22-17-5-7-18(8-6-17)24(26)27)21-15-20(9-3-2-4-10-20)23-11-13-28-14-12-23/h5-8,16,21H,2-4,9-15H2,1H3,(H,22,25)/t16-/m1/s1. The highest BCUT2D eigenvalue weighted by Gasteiger charge is 2.38. The molecule has 0 unspecified atom stereocenters. The first-order valence-electron chi connectivity index (χ1n) is 10.1. The first kappa shape index (κ1) is 20.7. The number of rotatable bonds is 7. The maximum atomic E-state index is 12.5. The van der Waals surface area contributed by atoms with Crippen molar-refractivity contribution in [3.8, 4) is 0 Å². The summed E-state index contributed by atoms with van der Waals surface area (Å²) in [6.45, 7) is 6.09. The maximum absolute atomic E-state index is 12.5. The van der Waals surface area contributed by atoms with Crippen LogP contribution in [0.3, 0.4) is 0 Å². The number of hydrogen-bond donors (Lipinski definition) is 2. The lowest BCUT2D eigenvalue weighted by molar-refractivity contribution is -0.384. The molecule has 1 saturated heterocycles. The summed E-state index contributed by atoms with van der Waals surface area (Å²) < 4.78 is 5.52. The summed E-state index contributed by atoms with van der Waals surface area (Å²) in [5.41, 5.74) is 0.669. The number of non-ortho nitro benzene ring substituents is 1. The average molecular weight is 390 g/mol. The third-order valence-electron chi connectivity index (χ3n) is 5.94. The molecule has 1 aliphatic heterocycles. The van der Waals surface area contributed by atoms with Gasteiger partial charge < -0.3 is 15.4 Å². The monoisotopic (exact) mass is 390 g/mol. The van der Waals surface area contributed by atoms with Crippen LogP contribution in [0.15, 0.2) is 24.3 Å². The summed E-state index contributed by atoms with van der Waals surface area (Å²) in [5.74, 6) is -0.137. The Labute approximate surface area is 165 Å². The lowest BCUT2D eigenvalue weighted by Gasteiger charge is -2.48. The molecule has 1 aromatic rings. The Kier molecular flexibility index (Phi) is 6.98. The van der Waals surface area contributed by atoms with Gasteiger partial charge in [-0.15, -0.1) is 0 Å². The van der Waals surface area contributed by atoms with Gasteiger partial charge in [0.1, 0.15) is 0 Å². The summed E-state index contributed by atoms with van der Waals surface area (Å²) >= 11 is 0. The molecule has 2 aliphatic rings. The number of carbonyl (C=O) groups excluding carboxylic acids is 1. The van der Waals surface area contributed by atoms with Crippen LogP contribution in [-0.2, 0) is 9.53 Å². The van der Waals surface area contributed by atoms with Gasteiger partial charge in [-0.3, -0.25) is 19.8 Å². The van der Waals surface area contributed by atoms with Crippen molar-refractivity contribution in [1.29, 1.82) is 0 Å². The topological polar surface area (TPSA) is 96.7 Å². The number of benzene rings is 1. The SMILES string of the molecule is C[C@@H](NCC1(N2CCOCC2)CCCCC1)C(=O)Nc1ccc([N+](=O)[O-])cc1. The van der Waals surface area contributed by atoms with Crippen molar-refractivity contribution in [3.05, 3.63) is 34.4 Å². The second-order valence-electron chi connectivity index (χ2n) is 7.78. The number of nitrogens with one attached hydrogen (secondary N) is 2. The van der Waals surface area contributed by atoms with Gasteiger partial charge in [-0.1, -0.05) is 19.3 Å². The van der Waals surface area contributed by atoms with Crippen LogP contribution in [0, 0.1) is 10.1 Å². The number of amides is 1. The van der Waals surface area contributed by atoms with Crippen molar-refractivity contribution in [2.45, 2.75) is 50.6 Å². The van der Waals surface area contributed by atoms with Crippen molar-refractivity contribution >= 4 is 17.3 Å². The largest absolute Gasteiger partial charge is 0.379 e. The molecule has 1 aliphatic carbocycles. The third kappa shape index (κ3) is 5.06. The number of carbonyl (C=O) groups is 1. The van der Waals surface area contributed by atoms with E-state index in [0.29, 0.717) is 5.69 Å². The van der Waals surface area contributed by atoms with Crippen LogP contribution >= 0.6 is 0 Å². The molecule has 28 heavy (non-hydrogen) atoms. The van der Waals surface area contributed by atoms with Crippen molar-refractivity contribution in [3.63, 3.8) is 0 Å². The molecule has 0 aromatic heterocycles. The molecule has 2 fully saturated rings. The second-order valence-corrected chi connectivity index (χ2v) is 7.78. The summed E-state index contributed by atoms with van der Waals surface area (Å²) in [4.78, 5) is 25.4. The minimum atomic E-state index is -0.453. The van der Waals surface area contributed by atoms with Crippen LogP contribution in [0.2, 0.25) is 0 Å². The number of nitro groups is 1. The third-order valence-corrected chi connectivity index (χ3v) is 5.94. The predicted octanol–water partition coefficient (Wildman–Crippen LogP) is 2.55. The van der Waals surface area contributed by atoms with Gasteiger partial charge in [0, 0.05) is 43.0 Å². The number of ether oxygens (including phenoxy) is 1. The second kappa shape index (κ2) is 9.45. The van der Waals surface area contributed by atoms with Gasteiger partial charge in [-0.25, -0.2) is 0 Å². The Hall–Kier alpha value is -2.03. The Bertz CT molecular complexity index is 667. The van der Waals surface area contributed by atoms with E-state index < -0.39 is 4.92 Å². The number of anilines is 1. The molecular weight excluding hydrogens is 360 g/mol. The van der Waals surface area contributed by atoms with E-state index in [2.05, 4.69) is 15.5 Å². The van der Waals surface area contributed by atoms with Gasteiger partial charge in [-0.05, 0) is 31.9 Å². The van der Waals surface area contributed by atoms with E-state index >= 15 is 0 Å². The molecule has 0 bridgehead atoms. The van der Waals surface area contributed by atoms with Gasteiger partial charge in [0.2, 0.25) is 5.91 Å². The Morgan fingerprint density at radius 3 is 2.46 bits per heavy atom. The van der Waals surface area contributed by atoms with Crippen LogP contribution in [-0.4, -0.2) is 60.2 Å². The van der Waals surface area contributed by atoms with E-state index in [1.807, 2.05) is 6.92 Å². The van der Waals surface area contributed by atoms with E-state index in [1.54, 1.807) is 12.1 Å². The van der Waals surface area contributed by atoms with Gasteiger partial charge in [-0.2, -0.15) is 0 Å². The van der Waals surface area contributed by atoms with Crippen LogP contribution in [0.25, 0.3) is 0 Å². The summed E-state index contributed by atoms with van der Waals surface area (Å²) in [6.07, 6.45) is 6.03. The first-order valence-corrected chi connectivity index (χ1v) is 10.1. The molecule has 0 radical (unpaired) electrons. The Morgan fingerprint density at radius 1 is 1.21 bits per heavy atom. The fourth-order valence-corrected chi connectivity index (χ4v) is 4.21. The molecule has 1 aromatic carbocycles. The lowest BCUT2D eigenvalue weighted by atomic mass is 9.79. The van der Waals surface area contributed by atoms with E-state index in [0.717, 1.165) is 45.7 Å². The number of morpholine rings is 1. The van der Waals surface area contributed by atoms with Gasteiger partial charge >= 0.3 is 0 Å². The molecule has 1 atom stereocenters. The fraction of sp³-hybridized carbons (Fsp3) is 0.650. The minimum absolute atomic E-state index is 0.00826. The molecule has 1 saturated carbocycles. The van der Waals surface area contributed by atoms with Gasteiger partial charge in [0.15, 0.2) is 0 Å². The van der Waals surface area contributed by atoms with E-state index in [-0.39, 0.29) is 23.2 Å². The molecule has 2 N–H and O–H groups in total. The molecule has 3 rings (SSSR count). The van der Waals surface area contributed by atoms with Crippen molar-refractivity contribution in [2.75, 3.05) is 38.2 Å². The van der Waals surface area contributed by atoms with Gasteiger partial charge in [0.05, 0.1) is 24.2 Å². The molecular formula is C20H30N4O4. The van der Waals surface area contributed by atoms with Crippen molar-refractivity contribution < 1.29 is 14.5 Å². The number of hydrogen-bond acceptors (Lipinski definition) is 6. The highest BCUT2D eigenvalue weighted by atomic mass is 16.6. The van der Waals surface area contributed by atoms with Crippen LogP contribution < -0.4 is 10.6 Å². The Balaban J connectivity index is 1.56. The predicted molar refractivity (Wildman–Crippen MR) is 107 cm³/mol. The summed E-state index contributed by atoms with van der Waals surface area (Å²) in [7, 11) is 0. The van der Waals surface area contributed by atoms with Crippen LogP contribution in [0.4, 0.5) is 11.4 Å². The van der Waals surface area contributed by atoms with Crippen molar-refractivity contribution in [1.82, 2.24) is 10.2 Å². The minimum Gasteiger partial charge on any atom is -0.379 e. The van der Waals surface area contributed by atoms with Crippen LogP contribution in [0.5, 0.6) is 0 Å². The molecule has 1 amide bonds. The number of nitro benzene ring substituents is 1. The first-order chi connectivity index (χ1) is 13.5. The van der Waals surface area contributed by atoms with Crippen molar-refractivity contribution in [2.24, 2.45) is 0 Å². The zero-order chi connectivity index (χ0) is 20.0. The summed E-state index contributed by atoms with van der Waals surface area (Å²) in [5, 5.41) is 17.0. The van der Waals surface area contributed by atoms with Gasteiger partial charge in [0.25, 0.3) is 5.69 Å². The molecule has 154 valence electrons. The highest BCUT2D eigenvalue weighted by molar-refractivity contribution is 5.94. The number of nitrogens with zero attached hydrogens (tertiary/aromatic N) is 2. The van der Waals surface area contributed by atoms with E-state index in [9.17, 15) is 14.9 Å². The lowest BCUT2D eigenvalue weighted by Crippen LogP contribution is -2.60. The molecule has 1 heterocycles. The smallest absolute Gasteiger partial charge is 0.269 e. The highest BCUT2D eigenvalue weighted by Crippen LogP contribution is 2.34. The normalized spacial score (nSPS) is 21.0. The van der Waals surface area contributed by atoms with E-state index in [4.69, 9.17) is 4.74 Å². The quantitative estimate of drug-likeness (QED) is 0.549. The zero-order valence-corrected chi connectivity index (χ0v) is 16.5.